The fourth-order valence-corrected chi connectivity index (χ4v) is 2.28. The molecule has 0 aliphatic heterocycles. The molecule has 98 valence electrons. The molecule has 0 fully saturated rings. The van der Waals surface area contributed by atoms with Crippen LogP contribution in [0.2, 0.25) is 0 Å². The summed E-state index contributed by atoms with van der Waals surface area (Å²) in [6.45, 7) is 9.78. The van der Waals surface area contributed by atoms with Crippen molar-refractivity contribution in [3.63, 3.8) is 0 Å². The summed E-state index contributed by atoms with van der Waals surface area (Å²) in [6.07, 6.45) is 0. The maximum atomic E-state index is 5.27. The summed E-state index contributed by atoms with van der Waals surface area (Å²) in [4.78, 5) is 5.21. The van der Waals surface area contributed by atoms with Crippen LogP contribution in [0.15, 0.2) is 4.52 Å². The van der Waals surface area contributed by atoms with Crippen LogP contribution in [0, 0.1) is 0 Å². The highest BCUT2D eigenvalue weighted by atomic mass is 32.1. The summed E-state index contributed by atoms with van der Waals surface area (Å²) in [7, 11) is 0. The van der Waals surface area contributed by atoms with Crippen LogP contribution in [0.4, 0.5) is 0 Å². The van der Waals surface area contributed by atoms with Gasteiger partial charge in [-0.3, -0.25) is 0 Å². The molecular weight excluding hydrogens is 250 g/mol. The van der Waals surface area contributed by atoms with Gasteiger partial charge < -0.3 is 9.84 Å². The van der Waals surface area contributed by atoms with Gasteiger partial charge in [-0.05, 0) is 18.1 Å². The van der Waals surface area contributed by atoms with Gasteiger partial charge >= 0.3 is 0 Å². The van der Waals surface area contributed by atoms with E-state index >= 15 is 0 Å². The molecule has 0 aliphatic carbocycles. The molecule has 7 heteroatoms. The first-order valence-corrected chi connectivity index (χ1v) is 6.66. The van der Waals surface area contributed by atoms with Crippen molar-refractivity contribution in [1.82, 2.24) is 25.0 Å². The number of hydrogen-bond acceptors (Lipinski definition) is 7. The van der Waals surface area contributed by atoms with Crippen molar-refractivity contribution < 1.29 is 4.52 Å². The molecule has 2 heterocycles. The number of nitrogens with one attached hydrogen (secondary N) is 1. The highest BCUT2D eigenvalue weighted by molar-refractivity contribution is 7.09. The lowest BCUT2D eigenvalue weighted by Crippen LogP contribution is -2.13. The van der Waals surface area contributed by atoms with Gasteiger partial charge in [0.2, 0.25) is 0 Å². The molecule has 1 N–H and O–H groups in total. The Kier molecular flexibility index (Phi) is 3.72. The predicted molar refractivity (Wildman–Crippen MR) is 69.3 cm³/mol. The van der Waals surface area contributed by atoms with Crippen molar-refractivity contribution in [3.8, 4) is 10.8 Å². The molecule has 0 spiro atoms. The Balaban J connectivity index is 2.27. The monoisotopic (exact) mass is 267 g/mol. The number of nitrogens with zero attached hydrogens (tertiary/aromatic N) is 4. The molecule has 2 aromatic rings. The Morgan fingerprint density at radius 1 is 1.33 bits per heavy atom. The molecule has 0 saturated carbocycles. The van der Waals surface area contributed by atoms with Crippen LogP contribution in [-0.4, -0.2) is 26.3 Å². The summed E-state index contributed by atoms with van der Waals surface area (Å²) in [5.74, 6) is 1.16. The van der Waals surface area contributed by atoms with E-state index in [0.29, 0.717) is 18.3 Å². The van der Waals surface area contributed by atoms with Crippen LogP contribution in [0.5, 0.6) is 0 Å². The highest BCUT2D eigenvalue weighted by Crippen LogP contribution is 2.32. The molecule has 6 nitrogen and oxygen atoms in total. The Morgan fingerprint density at radius 3 is 2.78 bits per heavy atom. The van der Waals surface area contributed by atoms with Gasteiger partial charge in [-0.15, -0.1) is 5.10 Å². The van der Waals surface area contributed by atoms with E-state index in [2.05, 4.69) is 45.8 Å². The van der Waals surface area contributed by atoms with E-state index in [4.69, 9.17) is 4.52 Å². The lowest BCUT2D eigenvalue weighted by Gasteiger charge is -2.14. The Morgan fingerprint density at radius 2 is 2.11 bits per heavy atom. The Bertz CT molecular complexity index is 513. The van der Waals surface area contributed by atoms with Gasteiger partial charge in [0.05, 0.1) is 12.2 Å². The molecule has 0 unspecified atom stereocenters. The van der Waals surface area contributed by atoms with Gasteiger partial charge in [-0.25, -0.2) is 0 Å². The summed E-state index contributed by atoms with van der Waals surface area (Å²) in [5.41, 5.74) is 0.810. The second-order valence-corrected chi connectivity index (χ2v) is 5.75. The maximum absolute atomic E-state index is 5.27. The van der Waals surface area contributed by atoms with E-state index in [1.165, 1.54) is 11.5 Å². The van der Waals surface area contributed by atoms with E-state index < -0.39 is 0 Å². The molecule has 2 rings (SSSR count). The lowest BCUT2D eigenvalue weighted by atomic mass is 9.91. The van der Waals surface area contributed by atoms with Crippen molar-refractivity contribution in [3.05, 3.63) is 11.5 Å². The summed E-state index contributed by atoms with van der Waals surface area (Å²) < 4.78 is 9.26. The van der Waals surface area contributed by atoms with E-state index in [1.54, 1.807) is 0 Å². The van der Waals surface area contributed by atoms with Crippen LogP contribution in [0.25, 0.3) is 10.8 Å². The van der Waals surface area contributed by atoms with Gasteiger partial charge in [0.15, 0.2) is 5.82 Å². The average Bonchev–Trinajstić information content (AvgIpc) is 2.93. The first-order valence-electron chi connectivity index (χ1n) is 5.89. The number of aromatic nitrogens is 4. The van der Waals surface area contributed by atoms with Crippen LogP contribution in [-0.2, 0) is 12.0 Å². The molecular formula is C11H17N5OS. The van der Waals surface area contributed by atoms with Crippen LogP contribution in [0.1, 0.15) is 39.2 Å². The van der Waals surface area contributed by atoms with Crippen LogP contribution in [0.3, 0.4) is 0 Å². The fraction of sp³-hybridized carbons (Fsp3) is 0.636. The minimum Gasteiger partial charge on any atom is -0.333 e. The molecule has 0 aliphatic rings. The smallest absolute Gasteiger partial charge is 0.271 e. The first kappa shape index (κ1) is 13.1. The van der Waals surface area contributed by atoms with Crippen molar-refractivity contribution in [2.45, 2.75) is 39.7 Å². The SMILES string of the molecule is CCNCc1noc(-c2snnc2C(C)(C)C)n1. The van der Waals surface area contributed by atoms with Crippen molar-refractivity contribution in [1.29, 1.82) is 0 Å². The Hall–Kier alpha value is -1.34. The van der Waals surface area contributed by atoms with E-state index in [0.717, 1.165) is 17.1 Å². The molecule has 0 saturated heterocycles. The molecule has 18 heavy (non-hydrogen) atoms. The minimum atomic E-state index is -0.0847. The van der Waals surface area contributed by atoms with Crippen molar-refractivity contribution in [2.75, 3.05) is 6.54 Å². The topological polar surface area (TPSA) is 76.7 Å². The summed E-state index contributed by atoms with van der Waals surface area (Å²) in [5, 5.41) is 11.3. The zero-order valence-corrected chi connectivity index (χ0v) is 11.8. The van der Waals surface area contributed by atoms with E-state index in [9.17, 15) is 0 Å². The third-order valence-electron chi connectivity index (χ3n) is 2.39. The average molecular weight is 267 g/mol. The van der Waals surface area contributed by atoms with Crippen LogP contribution >= 0.6 is 11.5 Å². The molecule has 0 atom stereocenters. The van der Waals surface area contributed by atoms with E-state index in [-0.39, 0.29) is 5.41 Å². The highest BCUT2D eigenvalue weighted by Gasteiger charge is 2.26. The minimum absolute atomic E-state index is 0.0847. The maximum Gasteiger partial charge on any atom is 0.271 e. The summed E-state index contributed by atoms with van der Waals surface area (Å²) in [6, 6.07) is 0. The zero-order valence-electron chi connectivity index (χ0n) is 11.0. The van der Waals surface area contributed by atoms with Gasteiger partial charge in [-0.2, -0.15) is 4.98 Å². The van der Waals surface area contributed by atoms with Gasteiger partial charge in [0.1, 0.15) is 4.88 Å². The molecule has 2 aromatic heterocycles. The Labute approximate surface area is 110 Å². The third kappa shape index (κ3) is 2.73. The fourth-order valence-electron chi connectivity index (χ4n) is 1.48. The summed E-state index contributed by atoms with van der Waals surface area (Å²) >= 11 is 1.29. The zero-order chi connectivity index (χ0) is 13.2. The molecule has 0 radical (unpaired) electrons. The van der Waals surface area contributed by atoms with Crippen molar-refractivity contribution >= 4 is 11.5 Å². The standard InChI is InChI=1S/C11H17N5OS/c1-5-12-6-7-13-10(17-15-7)8-9(11(2,3)4)14-16-18-8/h12H,5-6H2,1-4H3. The van der Waals surface area contributed by atoms with E-state index in [1.807, 2.05) is 6.92 Å². The third-order valence-corrected chi connectivity index (χ3v) is 3.11. The molecule has 0 aromatic carbocycles. The van der Waals surface area contributed by atoms with Gasteiger partial charge in [0, 0.05) is 5.41 Å². The second-order valence-electron chi connectivity index (χ2n) is 5.00. The quantitative estimate of drug-likeness (QED) is 0.913. The van der Waals surface area contributed by atoms with Crippen molar-refractivity contribution in [2.24, 2.45) is 0 Å². The lowest BCUT2D eigenvalue weighted by molar-refractivity contribution is 0.419. The normalized spacial score (nSPS) is 12.0. The molecule has 0 amide bonds. The predicted octanol–water partition coefficient (Wildman–Crippen LogP) is 2.00. The first-order chi connectivity index (χ1) is 8.52. The van der Waals surface area contributed by atoms with Gasteiger partial charge in [0.25, 0.3) is 5.89 Å². The second kappa shape index (κ2) is 5.11. The van der Waals surface area contributed by atoms with Crippen LogP contribution < -0.4 is 5.32 Å². The number of hydrogen-bond donors (Lipinski definition) is 1. The number of rotatable bonds is 4. The largest absolute Gasteiger partial charge is 0.333 e. The van der Waals surface area contributed by atoms with Gasteiger partial charge in [-0.1, -0.05) is 37.3 Å². The molecule has 0 bridgehead atoms.